The van der Waals surface area contributed by atoms with Gasteiger partial charge >= 0.3 is 0 Å². The molecule has 6 aromatic carbocycles. The molecule has 2 aliphatic rings. The van der Waals surface area contributed by atoms with Gasteiger partial charge in [-0.05, 0) is 112 Å². The molecule has 0 saturated carbocycles. The standard InChI is InChI=1S/C28H34N6O3.C26H29N5O4.C24H27N5O5.H2S/c1-32-18-20(16-30-32)28-17-29-26-8-7-21(14-27(26)31-28)34(11-5-10-33-9-4-6-22(33)19-35)23-12-24(36-2)15-25(13-23)37-3;1-33-20-7-9-25(34-2)24(14-20)30(10-11-32)19-6-8-21-22(13-19)29-23(16-27-21)18-15-28-31(17-18)26-5-3-4-12-35-26;1-33-20-10-19(11-21(13-20)34-9-8-32)29(5-7-31)18-2-3-22-23(12-18)27-24(15-25-22)17-14-26-28(16-17)4-6-30;/h7-8,12-18,22,35H,4-6,9-11,19H2,1-3H3;6-9,13-17,26,32H,3-5,10-12H2,1-2H3;2-3,10-16,30-32H,4-9H2,1H3;1H2/t22-;;;/m0.../s1. The van der Waals surface area contributed by atoms with E-state index in [4.69, 9.17) is 58.3 Å². The van der Waals surface area contributed by atoms with E-state index in [1.54, 1.807) is 88.2 Å². The largest absolute Gasteiger partial charge is 0.497 e. The lowest BCUT2D eigenvalue weighted by Crippen LogP contribution is -2.34. The van der Waals surface area contributed by atoms with Crippen molar-refractivity contribution in [1.29, 1.82) is 0 Å². The molecule has 0 amide bonds. The van der Waals surface area contributed by atoms with E-state index in [1.807, 2.05) is 131 Å². The summed E-state index contributed by atoms with van der Waals surface area (Å²) in [6.45, 7) is 4.82. The molecule has 6 aromatic heterocycles. The van der Waals surface area contributed by atoms with Crippen molar-refractivity contribution in [2.24, 2.45) is 7.05 Å². The summed E-state index contributed by atoms with van der Waals surface area (Å²) in [4.78, 5) is 36.9. The number of rotatable bonds is 29. The predicted molar refractivity (Wildman–Crippen MR) is 416 cm³/mol. The third-order valence-electron chi connectivity index (χ3n) is 18.4. The number of aryl methyl sites for hydroxylation is 1. The fraction of sp³-hybridized carbons (Fsp3) is 0.346. The molecule has 107 heavy (non-hydrogen) atoms. The number of methoxy groups -OCH3 is 5. The highest BCUT2D eigenvalue weighted by molar-refractivity contribution is 7.59. The van der Waals surface area contributed by atoms with E-state index in [1.165, 1.54) is 0 Å². The summed E-state index contributed by atoms with van der Waals surface area (Å²) in [5, 5.41) is 60.5. The average molecular weight is 1480 g/mol. The quantitative estimate of drug-likeness (QED) is 0.0291. The first-order valence-corrected chi connectivity index (χ1v) is 35.3. The Morgan fingerprint density at radius 2 is 1.01 bits per heavy atom. The van der Waals surface area contributed by atoms with E-state index in [2.05, 4.69) is 52.2 Å². The van der Waals surface area contributed by atoms with Gasteiger partial charge in [-0.3, -0.25) is 29.2 Å². The zero-order chi connectivity index (χ0) is 73.9. The fourth-order valence-electron chi connectivity index (χ4n) is 13.0. The number of hydrogen-bond donors (Lipinski definition) is 5. The van der Waals surface area contributed by atoms with Gasteiger partial charge in [0.25, 0.3) is 0 Å². The van der Waals surface area contributed by atoms with E-state index in [-0.39, 0.29) is 65.4 Å². The number of fused-ring (bicyclic) bond motifs is 3. The number of aliphatic hydroxyl groups is 5. The molecule has 8 heterocycles. The second-order valence-corrected chi connectivity index (χ2v) is 25.3. The van der Waals surface area contributed by atoms with Crippen LogP contribution in [0.1, 0.15) is 44.8 Å². The zero-order valence-electron chi connectivity index (χ0n) is 60.9. The Morgan fingerprint density at radius 1 is 0.467 bits per heavy atom. The normalized spacial score (nSPS) is 14.2. The number of aliphatic hydroxyl groups excluding tert-OH is 5. The summed E-state index contributed by atoms with van der Waals surface area (Å²) < 4.78 is 44.3. The summed E-state index contributed by atoms with van der Waals surface area (Å²) in [7, 11) is 10.0. The molecule has 1 unspecified atom stereocenters. The number of benzene rings is 6. The van der Waals surface area contributed by atoms with E-state index in [0.29, 0.717) is 53.8 Å². The minimum Gasteiger partial charge on any atom is -0.497 e. The highest BCUT2D eigenvalue weighted by Gasteiger charge is 2.25. The van der Waals surface area contributed by atoms with Gasteiger partial charge < -0.3 is 73.4 Å². The maximum Gasteiger partial charge on any atom is 0.150 e. The first-order valence-electron chi connectivity index (χ1n) is 35.3. The molecule has 562 valence electrons. The van der Waals surface area contributed by atoms with Crippen molar-refractivity contribution in [1.82, 2.24) is 64.1 Å². The van der Waals surface area contributed by atoms with Crippen LogP contribution in [0, 0.1) is 0 Å². The Hall–Kier alpha value is -10.8. The van der Waals surface area contributed by atoms with Crippen LogP contribution in [0.15, 0.2) is 165 Å². The monoisotopic (exact) mass is 1480 g/mol. The minimum absolute atomic E-state index is 0. The topological polar surface area (TPSA) is 310 Å². The first-order chi connectivity index (χ1) is 51.9. The number of nitrogens with zero attached hydrogens (tertiary/aromatic N) is 16. The van der Waals surface area contributed by atoms with Crippen molar-refractivity contribution in [2.45, 2.75) is 57.3 Å². The van der Waals surface area contributed by atoms with E-state index >= 15 is 0 Å². The number of anilines is 6. The van der Waals surface area contributed by atoms with E-state index in [0.717, 1.165) is 166 Å². The van der Waals surface area contributed by atoms with Gasteiger partial charge in [-0.2, -0.15) is 28.8 Å². The molecule has 0 spiro atoms. The maximum absolute atomic E-state index is 9.80. The number of aromatic nitrogens is 12. The number of ether oxygens (including phenoxy) is 7. The molecule has 12 aromatic rings. The third-order valence-corrected chi connectivity index (χ3v) is 18.4. The van der Waals surface area contributed by atoms with Gasteiger partial charge in [-0.25, -0.2) is 19.6 Å². The molecule has 2 saturated heterocycles. The van der Waals surface area contributed by atoms with Crippen molar-refractivity contribution in [2.75, 3.05) is 129 Å². The van der Waals surface area contributed by atoms with Crippen LogP contribution in [0.25, 0.3) is 66.9 Å². The van der Waals surface area contributed by atoms with Crippen LogP contribution in [-0.4, -0.2) is 210 Å². The fourth-order valence-corrected chi connectivity index (χ4v) is 13.0. The minimum atomic E-state index is -0.0997. The van der Waals surface area contributed by atoms with Crippen LogP contribution in [-0.2, 0) is 18.3 Å². The van der Waals surface area contributed by atoms with Gasteiger partial charge in [-0.15, -0.1) is 0 Å². The van der Waals surface area contributed by atoms with Crippen molar-refractivity contribution in [3.8, 4) is 68.3 Å². The van der Waals surface area contributed by atoms with Crippen LogP contribution in [0.3, 0.4) is 0 Å². The van der Waals surface area contributed by atoms with E-state index < -0.39 is 0 Å². The van der Waals surface area contributed by atoms with Gasteiger partial charge in [0.2, 0.25) is 0 Å². The lowest BCUT2D eigenvalue weighted by atomic mass is 10.1. The van der Waals surface area contributed by atoms with Crippen molar-refractivity contribution in [3.63, 3.8) is 0 Å². The first kappa shape index (κ1) is 77.3. The molecule has 28 nitrogen and oxygen atoms in total. The van der Waals surface area contributed by atoms with Crippen molar-refractivity contribution >= 4 is 80.7 Å². The second kappa shape index (κ2) is 37.5. The van der Waals surface area contributed by atoms with Crippen molar-refractivity contribution < 1.29 is 58.7 Å². The summed E-state index contributed by atoms with van der Waals surface area (Å²) in [6.07, 6.45) is 22.6. The molecular weight excluding hydrogens is 1390 g/mol. The Bertz CT molecular complexity index is 4840. The number of hydrogen-bond acceptors (Lipinski definition) is 25. The Kier molecular flexibility index (Phi) is 27.1. The maximum atomic E-state index is 9.80. The summed E-state index contributed by atoms with van der Waals surface area (Å²) >= 11 is 0. The molecular formula is C78H92N16O12S. The van der Waals surface area contributed by atoms with Gasteiger partial charge in [-0.1, -0.05) is 0 Å². The predicted octanol–water partition coefficient (Wildman–Crippen LogP) is 10.5. The van der Waals surface area contributed by atoms with Crippen molar-refractivity contribution in [3.05, 3.63) is 165 Å². The highest BCUT2D eigenvalue weighted by atomic mass is 32.1. The summed E-state index contributed by atoms with van der Waals surface area (Å²) in [6, 6.07) is 34.9. The van der Waals surface area contributed by atoms with Crippen LogP contribution in [0.4, 0.5) is 34.1 Å². The molecule has 29 heteroatoms. The Morgan fingerprint density at radius 3 is 1.54 bits per heavy atom. The van der Waals surface area contributed by atoms with Crippen LogP contribution >= 0.6 is 13.5 Å². The molecule has 2 fully saturated rings. The Labute approximate surface area is 627 Å². The molecule has 2 atom stereocenters. The summed E-state index contributed by atoms with van der Waals surface area (Å²) in [5.74, 6) is 3.99. The molecule has 0 bridgehead atoms. The second-order valence-electron chi connectivity index (χ2n) is 25.3. The smallest absolute Gasteiger partial charge is 0.150 e. The number of likely N-dealkylation sites (tertiary alicyclic amines) is 1. The summed E-state index contributed by atoms with van der Waals surface area (Å²) in [5.41, 5.74) is 14.6. The molecule has 0 aliphatic carbocycles. The van der Waals surface area contributed by atoms with Crippen LogP contribution in [0.2, 0.25) is 0 Å². The van der Waals surface area contributed by atoms with Gasteiger partial charge in [0.1, 0.15) is 47.3 Å². The lowest BCUT2D eigenvalue weighted by molar-refractivity contribution is -0.0394. The van der Waals surface area contributed by atoms with Gasteiger partial charge in [0.05, 0.1) is 168 Å². The molecule has 14 rings (SSSR count). The molecule has 5 N–H and O–H groups in total. The Balaban J connectivity index is 0.000000159. The lowest BCUT2D eigenvalue weighted by Gasteiger charge is -2.28. The molecule has 2 aliphatic heterocycles. The van der Waals surface area contributed by atoms with Crippen LogP contribution in [0.5, 0.6) is 34.5 Å². The van der Waals surface area contributed by atoms with E-state index in [9.17, 15) is 15.3 Å². The van der Waals surface area contributed by atoms with Gasteiger partial charge in [0, 0.05) is 152 Å². The SMILES string of the molecule is COc1cc(OC)cc(N(CCCN2CCC[C@H]2CO)c2ccc3ncc(-c4cnn(C)c4)nc3c2)c1.COc1cc(OCCO)cc(N(CCO)c2ccc3ncc(-c4cnn(CCO)c4)nc3c2)c1.COc1ccc(OC)c(N(CCO)c2ccc3ncc(-c4cnn(C5CCCCO5)c4)nc3c2)c1.S. The third kappa shape index (κ3) is 19.1. The zero-order valence-corrected chi connectivity index (χ0v) is 61.9. The highest BCUT2D eigenvalue weighted by Crippen LogP contribution is 2.40. The van der Waals surface area contributed by atoms with Gasteiger partial charge in [0.15, 0.2) is 0 Å². The van der Waals surface area contributed by atoms with Crippen LogP contribution < -0.4 is 43.1 Å². The molecule has 0 radical (unpaired) electrons. The average Bonchev–Trinajstić information content (AvgIpc) is 1.56.